The molecule has 3 N–H and O–H groups in total. The van der Waals surface area contributed by atoms with Crippen LogP contribution in [0, 0.1) is 34.0 Å². The summed E-state index contributed by atoms with van der Waals surface area (Å²) in [7, 11) is 0. The van der Waals surface area contributed by atoms with E-state index in [1.165, 1.54) is 64.5 Å². The number of nitrogens with one attached hydrogen (secondary N) is 1. The maximum absolute atomic E-state index is 12.5. The van der Waals surface area contributed by atoms with Gasteiger partial charge in [0.1, 0.15) is 0 Å². The van der Waals surface area contributed by atoms with Gasteiger partial charge in [0.25, 0.3) is 6.47 Å². The molecule has 1 aliphatic heterocycles. The van der Waals surface area contributed by atoms with Crippen molar-refractivity contribution < 1.29 is 19.8 Å². The van der Waals surface area contributed by atoms with E-state index in [4.69, 9.17) is 9.90 Å². The van der Waals surface area contributed by atoms with Gasteiger partial charge in [0.15, 0.2) is 5.76 Å². The van der Waals surface area contributed by atoms with E-state index in [9.17, 15) is 9.90 Å². The largest absolute Gasteiger partial charge is 0.504 e. The summed E-state index contributed by atoms with van der Waals surface area (Å²) in [6, 6.07) is 0. The van der Waals surface area contributed by atoms with Crippen LogP contribution in [0.1, 0.15) is 99.8 Å². The maximum atomic E-state index is 12.5. The van der Waals surface area contributed by atoms with Crippen LogP contribution < -0.4 is 5.32 Å². The quantitative estimate of drug-likeness (QED) is 0.284. The van der Waals surface area contributed by atoms with E-state index in [0.29, 0.717) is 5.41 Å². The summed E-state index contributed by atoms with van der Waals surface area (Å²) in [5.41, 5.74) is 5.18. The van der Waals surface area contributed by atoms with E-state index in [1.807, 2.05) is 6.92 Å². The molecular formula is C33H51NO4. The van der Waals surface area contributed by atoms with Gasteiger partial charge in [-0.05, 0) is 117 Å². The number of allylic oxidation sites excluding steroid dienone is 7. The maximum Gasteiger partial charge on any atom is 0.290 e. The number of hydrogen-bond acceptors (Lipinski definition) is 4. The van der Waals surface area contributed by atoms with Gasteiger partial charge in [-0.3, -0.25) is 9.59 Å². The number of carbonyl (C=O) groups is 2. The molecule has 5 nitrogen and oxygen atoms in total. The lowest BCUT2D eigenvalue weighted by molar-refractivity contribution is -0.122. The Bertz CT molecular complexity index is 1040. The molecule has 0 amide bonds. The van der Waals surface area contributed by atoms with Gasteiger partial charge in [0.2, 0.25) is 5.78 Å². The lowest BCUT2D eigenvalue weighted by Crippen LogP contribution is -2.55. The topological polar surface area (TPSA) is 86.6 Å². The van der Waals surface area contributed by atoms with E-state index >= 15 is 0 Å². The standard InChI is InChI=1S/C27H36O2.C4H9N.CH2O2.CH4/c1-16-8-10-25(3)12-13-27(5)19(21(25)14-16)9-11-26(4)20-15-22(28)24(29)17(2)18(20)6-7-23(26)27;1-2-4-5-3-1;2-1-3;/h6-7,15-16,19,21,29H,8-14H2,1-5H3;5H,1-4H2;1H,(H,2,3);1H4. The minimum absolute atomic E-state index is 0. The smallest absolute Gasteiger partial charge is 0.290 e. The van der Waals surface area contributed by atoms with E-state index in [2.05, 4.69) is 45.2 Å². The molecule has 6 aliphatic rings. The predicted octanol–water partition coefficient (Wildman–Crippen LogP) is 7.56. The molecule has 0 radical (unpaired) electrons. The Hall–Kier alpha value is -2.14. The molecule has 4 fully saturated rings. The van der Waals surface area contributed by atoms with Gasteiger partial charge in [-0.15, -0.1) is 0 Å². The van der Waals surface area contributed by atoms with Crippen LogP contribution in [-0.2, 0) is 9.59 Å². The monoisotopic (exact) mass is 525 g/mol. The SMILES string of the molecule is C.C1CCNC1.CC1=C(O)C(=O)C=C2C1=CC=C1C2(C)CCC2C3CC(C)CCC3(C)CCC12C.O=CO. The van der Waals surface area contributed by atoms with Crippen LogP contribution in [0.4, 0.5) is 0 Å². The van der Waals surface area contributed by atoms with Gasteiger partial charge < -0.3 is 15.5 Å². The first kappa shape index (κ1) is 30.4. The Morgan fingerprint density at radius 3 is 2.26 bits per heavy atom. The number of ketones is 1. The summed E-state index contributed by atoms with van der Waals surface area (Å²) < 4.78 is 0. The van der Waals surface area contributed by atoms with Gasteiger partial charge in [-0.1, -0.05) is 59.3 Å². The third kappa shape index (κ3) is 5.08. The number of fused-ring (bicyclic) bond motifs is 7. The summed E-state index contributed by atoms with van der Waals surface area (Å²) in [5.74, 6) is 2.13. The summed E-state index contributed by atoms with van der Waals surface area (Å²) in [4.78, 5) is 20.8. The van der Waals surface area contributed by atoms with Gasteiger partial charge in [-0.25, -0.2) is 0 Å². The minimum Gasteiger partial charge on any atom is -0.504 e. The molecule has 0 spiro atoms. The first-order valence-corrected chi connectivity index (χ1v) is 14.4. The first-order valence-electron chi connectivity index (χ1n) is 14.4. The highest BCUT2D eigenvalue weighted by atomic mass is 16.3. The average molecular weight is 526 g/mol. The average Bonchev–Trinajstić information content (AvgIpc) is 3.45. The molecule has 6 unspecified atom stereocenters. The van der Waals surface area contributed by atoms with Crippen molar-refractivity contribution in [2.75, 3.05) is 13.1 Å². The summed E-state index contributed by atoms with van der Waals surface area (Å²) in [5, 5.41) is 20.3. The van der Waals surface area contributed by atoms with Crippen LogP contribution in [0.2, 0.25) is 0 Å². The summed E-state index contributed by atoms with van der Waals surface area (Å²) in [6.07, 6.45) is 18.2. The Balaban J connectivity index is 0.000000388. The highest BCUT2D eigenvalue weighted by Gasteiger charge is 2.60. The van der Waals surface area contributed by atoms with E-state index < -0.39 is 0 Å². The molecule has 6 atom stereocenters. The zero-order chi connectivity index (χ0) is 27.0. The van der Waals surface area contributed by atoms with Crippen molar-refractivity contribution in [3.8, 4) is 0 Å². The third-order valence-electron chi connectivity index (χ3n) is 11.0. The summed E-state index contributed by atoms with van der Waals surface area (Å²) in [6.45, 7) is 14.1. The Kier molecular flexibility index (Phi) is 9.23. The van der Waals surface area contributed by atoms with Crippen molar-refractivity contribution in [3.63, 3.8) is 0 Å². The van der Waals surface area contributed by atoms with Crippen molar-refractivity contribution >= 4 is 12.3 Å². The van der Waals surface area contributed by atoms with E-state index in [1.54, 1.807) is 11.6 Å². The number of hydrogen-bond donors (Lipinski definition) is 3. The molecule has 3 saturated carbocycles. The van der Waals surface area contributed by atoms with Gasteiger partial charge in [0, 0.05) is 11.0 Å². The lowest BCUT2D eigenvalue weighted by atomic mass is 9.40. The van der Waals surface area contributed by atoms with Crippen molar-refractivity contribution in [3.05, 3.63) is 46.3 Å². The number of aliphatic hydroxyl groups is 1. The van der Waals surface area contributed by atoms with E-state index in [0.717, 1.165) is 40.9 Å². The second-order valence-electron chi connectivity index (χ2n) is 13.2. The van der Waals surface area contributed by atoms with Crippen molar-refractivity contribution in [2.45, 2.75) is 99.8 Å². The number of carboxylic acid groups (broad SMARTS) is 1. The second-order valence-corrected chi connectivity index (χ2v) is 13.2. The Labute approximate surface area is 230 Å². The predicted molar refractivity (Wildman–Crippen MR) is 155 cm³/mol. The Morgan fingerprint density at radius 1 is 1.00 bits per heavy atom. The molecule has 6 rings (SSSR count). The number of carbonyl (C=O) groups excluding carboxylic acids is 1. The fourth-order valence-corrected chi connectivity index (χ4v) is 8.70. The molecule has 5 heteroatoms. The lowest BCUT2D eigenvalue weighted by Gasteiger charge is -2.64. The minimum atomic E-state index is -0.250. The highest BCUT2D eigenvalue weighted by molar-refractivity contribution is 6.06. The zero-order valence-electron chi connectivity index (χ0n) is 23.5. The molecule has 1 saturated heterocycles. The number of rotatable bonds is 0. The molecule has 1 heterocycles. The second kappa shape index (κ2) is 11.5. The van der Waals surface area contributed by atoms with Crippen molar-refractivity contribution in [1.29, 1.82) is 0 Å². The molecular weight excluding hydrogens is 474 g/mol. The van der Waals surface area contributed by atoms with Crippen molar-refractivity contribution in [1.82, 2.24) is 5.32 Å². The zero-order valence-corrected chi connectivity index (χ0v) is 23.5. The van der Waals surface area contributed by atoms with Crippen molar-refractivity contribution in [2.24, 2.45) is 34.0 Å². The molecule has 38 heavy (non-hydrogen) atoms. The van der Waals surface area contributed by atoms with Crippen LogP contribution in [0.15, 0.2) is 46.3 Å². The molecule has 0 aromatic rings. The van der Waals surface area contributed by atoms with Crippen LogP contribution in [0.3, 0.4) is 0 Å². The molecule has 0 bridgehead atoms. The molecule has 0 aromatic heterocycles. The van der Waals surface area contributed by atoms with Gasteiger partial charge in [0.05, 0.1) is 0 Å². The van der Waals surface area contributed by atoms with Crippen LogP contribution in [0.5, 0.6) is 0 Å². The van der Waals surface area contributed by atoms with Gasteiger partial charge >= 0.3 is 0 Å². The van der Waals surface area contributed by atoms with Gasteiger partial charge in [-0.2, -0.15) is 0 Å². The Morgan fingerprint density at radius 2 is 1.66 bits per heavy atom. The van der Waals surface area contributed by atoms with Crippen LogP contribution in [0.25, 0.3) is 0 Å². The van der Waals surface area contributed by atoms with E-state index in [-0.39, 0.29) is 36.3 Å². The fraction of sp³-hybridized carbons (Fsp3) is 0.697. The first-order chi connectivity index (χ1) is 17.5. The number of aliphatic hydroxyl groups excluding tert-OH is 1. The highest BCUT2D eigenvalue weighted by Crippen LogP contribution is 2.69. The van der Waals surface area contributed by atoms with Crippen LogP contribution in [-0.4, -0.2) is 35.6 Å². The normalized spacial score (nSPS) is 39.0. The fourth-order valence-electron chi connectivity index (χ4n) is 8.70. The molecule has 212 valence electrons. The van der Waals surface area contributed by atoms with Crippen LogP contribution >= 0.6 is 0 Å². The molecule has 5 aliphatic carbocycles. The third-order valence-corrected chi connectivity index (χ3v) is 11.0. The summed E-state index contributed by atoms with van der Waals surface area (Å²) >= 11 is 0. The molecule has 0 aromatic carbocycles.